The van der Waals surface area contributed by atoms with Gasteiger partial charge in [-0.15, -0.1) is 0 Å². The molecule has 1 unspecified atom stereocenters. The number of hydrogen-bond donors (Lipinski definition) is 1. The molecule has 1 N–H and O–H groups in total. The second kappa shape index (κ2) is 5.65. The average Bonchev–Trinajstić information content (AvgIpc) is 2.80. The molecule has 3 nitrogen and oxygen atoms in total. The molecule has 1 saturated heterocycles. The van der Waals surface area contributed by atoms with Crippen LogP contribution in [0.25, 0.3) is 0 Å². The molecule has 17 heavy (non-hydrogen) atoms. The van der Waals surface area contributed by atoms with Crippen LogP contribution in [0.3, 0.4) is 0 Å². The summed E-state index contributed by atoms with van der Waals surface area (Å²) in [6.45, 7) is 0.854. The normalized spacial score (nSPS) is 19.6. The van der Waals surface area contributed by atoms with Gasteiger partial charge in [0.05, 0.1) is 19.1 Å². The fraction of sp³-hybridized carbons (Fsp3) is 0.462. The number of carbonyl (C=O) groups excluding carboxylic acids is 1. The van der Waals surface area contributed by atoms with Crippen molar-refractivity contribution in [3.63, 3.8) is 0 Å². The lowest BCUT2D eigenvalue weighted by molar-refractivity contribution is -0.131. The molecule has 0 aromatic heterocycles. The largest absolute Gasteiger partial charge is 0.394 e. The highest BCUT2D eigenvalue weighted by Gasteiger charge is 2.27. The van der Waals surface area contributed by atoms with E-state index in [9.17, 15) is 9.90 Å². The molecule has 92 valence electrons. The van der Waals surface area contributed by atoms with Crippen molar-refractivity contribution in [1.82, 2.24) is 4.90 Å². The number of hydrogen-bond acceptors (Lipinski definition) is 2. The number of rotatable bonds is 3. The zero-order chi connectivity index (χ0) is 12.3. The van der Waals surface area contributed by atoms with Crippen LogP contribution in [-0.2, 0) is 11.2 Å². The van der Waals surface area contributed by atoms with Crippen LogP contribution in [0.15, 0.2) is 28.7 Å². The number of aliphatic hydroxyl groups is 1. The summed E-state index contributed by atoms with van der Waals surface area (Å²) in [6.07, 6.45) is 2.34. The number of aliphatic hydroxyl groups excluding tert-OH is 1. The number of likely N-dealkylation sites (tertiary alicyclic amines) is 1. The van der Waals surface area contributed by atoms with Crippen molar-refractivity contribution in [3.8, 4) is 0 Å². The fourth-order valence-corrected chi connectivity index (χ4v) is 2.50. The standard InChI is InChI=1S/C13H16BrNO2/c14-11-5-3-10(4-6-11)8-13(17)15-7-1-2-12(15)9-16/h3-6,12,16H,1-2,7-9H2. The van der Waals surface area contributed by atoms with E-state index in [4.69, 9.17) is 0 Å². The number of nitrogens with zero attached hydrogens (tertiary/aromatic N) is 1. The van der Waals surface area contributed by atoms with Gasteiger partial charge in [0.15, 0.2) is 0 Å². The Bertz CT molecular complexity index is 391. The Morgan fingerprint density at radius 1 is 1.41 bits per heavy atom. The summed E-state index contributed by atoms with van der Waals surface area (Å²) in [5.41, 5.74) is 1.02. The molecule has 4 heteroatoms. The number of carbonyl (C=O) groups is 1. The van der Waals surface area contributed by atoms with E-state index in [-0.39, 0.29) is 18.6 Å². The van der Waals surface area contributed by atoms with E-state index in [1.165, 1.54) is 0 Å². The van der Waals surface area contributed by atoms with Gasteiger partial charge in [0.1, 0.15) is 0 Å². The maximum absolute atomic E-state index is 12.1. The predicted molar refractivity (Wildman–Crippen MR) is 69.7 cm³/mol. The van der Waals surface area contributed by atoms with Crippen molar-refractivity contribution in [2.75, 3.05) is 13.2 Å². The third-order valence-corrected chi connectivity index (χ3v) is 3.71. The highest BCUT2D eigenvalue weighted by Crippen LogP contribution is 2.18. The van der Waals surface area contributed by atoms with E-state index in [1.54, 1.807) is 0 Å². The smallest absolute Gasteiger partial charge is 0.227 e. The number of amides is 1. The highest BCUT2D eigenvalue weighted by molar-refractivity contribution is 9.10. The predicted octanol–water partition coefficient (Wildman–Crippen LogP) is 1.97. The lowest BCUT2D eigenvalue weighted by Gasteiger charge is -2.23. The van der Waals surface area contributed by atoms with Crippen LogP contribution in [0.1, 0.15) is 18.4 Å². The van der Waals surface area contributed by atoms with Crippen molar-refractivity contribution in [2.45, 2.75) is 25.3 Å². The first-order valence-corrected chi connectivity index (χ1v) is 6.65. The lowest BCUT2D eigenvalue weighted by atomic mass is 10.1. The second-order valence-corrected chi connectivity index (χ2v) is 5.28. The Labute approximate surface area is 110 Å². The minimum atomic E-state index is 0.0259. The van der Waals surface area contributed by atoms with Crippen molar-refractivity contribution >= 4 is 21.8 Å². The van der Waals surface area contributed by atoms with Crippen molar-refractivity contribution in [3.05, 3.63) is 34.3 Å². The molecule has 0 aliphatic carbocycles. The van der Waals surface area contributed by atoms with Crippen LogP contribution >= 0.6 is 15.9 Å². The summed E-state index contributed by atoms with van der Waals surface area (Å²) in [5, 5.41) is 9.19. The monoisotopic (exact) mass is 297 g/mol. The fourth-order valence-electron chi connectivity index (χ4n) is 2.23. The van der Waals surface area contributed by atoms with E-state index < -0.39 is 0 Å². The van der Waals surface area contributed by atoms with Gasteiger partial charge in [-0.25, -0.2) is 0 Å². The van der Waals surface area contributed by atoms with Crippen LogP contribution in [0.5, 0.6) is 0 Å². The minimum absolute atomic E-state index is 0.0259. The summed E-state index contributed by atoms with van der Waals surface area (Å²) < 4.78 is 1.02. The van der Waals surface area contributed by atoms with Gasteiger partial charge in [-0.05, 0) is 30.5 Å². The molecule has 0 bridgehead atoms. The summed E-state index contributed by atoms with van der Waals surface area (Å²) in [6, 6.07) is 7.81. The third-order valence-electron chi connectivity index (χ3n) is 3.18. The number of benzene rings is 1. The van der Waals surface area contributed by atoms with Crippen molar-refractivity contribution in [2.24, 2.45) is 0 Å². The van der Waals surface area contributed by atoms with Gasteiger partial charge in [-0.2, -0.15) is 0 Å². The van der Waals surface area contributed by atoms with Crippen LogP contribution in [0.2, 0.25) is 0 Å². The molecule has 1 aromatic carbocycles. The summed E-state index contributed by atoms with van der Waals surface area (Å²) in [7, 11) is 0. The number of halogens is 1. The van der Waals surface area contributed by atoms with Gasteiger partial charge in [0.25, 0.3) is 0 Å². The lowest BCUT2D eigenvalue weighted by Crippen LogP contribution is -2.38. The molecule has 1 fully saturated rings. The van der Waals surface area contributed by atoms with Crippen molar-refractivity contribution < 1.29 is 9.90 Å². The first-order chi connectivity index (χ1) is 8.20. The van der Waals surface area contributed by atoms with Gasteiger partial charge in [-0.1, -0.05) is 28.1 Å². The van der Waals surface area contributed by atoms with Crippen LogP contribution < -0.4 is 0 Å². The quantitative estimate of drug-likeness (QED) is 0.927. The van der Waals surface area contributed by atoms with E-state index >= 15 is 0 Å². The molecule has 1 aliphatic rings. The molecular formula is C13H16BrNO2. The van der Waals surface area contributed by atoms with Gasteiger partial charge in [0.2, 0.25) is 5.91 Å². The molecule has 1 atom stereocenters. The van der Waals surface area contributed by atoms with Crippen LogP contribution in [0, 0.1) is 0 Å². The maximum atomic E-state index is 12.1. The zero-order valence-corrected chi connectivity index (χ0v) is 11.2. The Morgan fingerprint density at radius 2 is 2.12 bits per heavy atom. The van der Waals surface area contributed by atoms with Crippen LogP contribution in [0.4, 0.5) is 0 Å². The van der Waals surface area contributed by atoms with E-state index in [0.29, 0.717) is 6.42 Å². The second-order valence-electron chi connectivity index (χ2n) is 4.37. The molecule has 1 aliphatic heterocycles. The van der Waals surface area contributed by atoms with Gasteiger partial charge >= 0.3 is 0 Å². The molecular weight excluding hydrogens is 282 g/mol. The molecule has 0 spiro atoms. The first-order valence-electron chi connectivity index (χ1n) is 5.85. The average molecular weight is 298 g/mol. The Balaban J connectivity index is 1.99. The minimum Gasteiger partial charge on any atom is -0.394 e. The third kappa shape index (κ3) is 3.07. The van der Waals surface area contributed by atoms with E-state index in [2.05, 4.69) is 15.9 Å². The van der Waals surface area contributed by atoms with Crippen molar-refractivity contribution in [1.29, 1.82) is 0 Å². The highest BCUT2D eigenvalue weighted by atomic mass is 79.9. The molecule has 0 radical (unpaired) electrons. The van der Waals surface area contributed by atoms with Crippen LogP contribution in [-0.4, -0.2) is 35.1 Å². The summed E-state index contributed by atoms with van der Waals surface area (Å²) in [5.74, 6) is 0.115. The zero-order valence-electron chi connectivity index (χ0n) is 9.60. The molecule has 1 amide bonds. The summed E-state index contributed by atoms with van der Waals surface area (Å²) >= 11 is 3.37. The topological polar surface area (TPSA) is 40.5 Å². The molecule has 0 saturated carbocycles. The molecule has 2 rings (SSSR count). The van der Waals surface area contributed by atoms with E-state index in [1.807, 2.05) is 29.2 Å². The van der Waals surface area contributed by atoms with Gasteiger partial charge < -0.3 is 10.0 Å². The Hall–Kier alpha value is -0.870. The van der Waals surface area contributed by atoms with Gasteiger partial charge in [0, 0.05) is 11.0 Å². The summed E-state index contributed by atoms with van der Waals surface area (Å²) in [4.78, 5) is 13.9. The Morgan fingerprint density at radius 3 is 2.76 bits per heavy atom. The SMILES string of the molecule is O=C(Cc1ccc(Br)cc1)N1CCCC1CO. The molecule has 1 heterocycles. The molecule has 1 aromatic rings. The Kier molecular flexibility index (Phi) is 4.18. The van der Waals surface area contributed by atoms with E-state index in [0.717, 1.165) is 29.4 Å². The first kappa shape index (κ1) is 12.6. The maximum Gasteiger partial charge on any atom is 0.227 e. The van der Waals surface area contributed by atoms with Gasteiger partial charge in [-0.3, -0.25) is 4.79 Å².